The Hall–Kier alpha value is -2.02. The molecule has 20 heavy (non-hydrogen) atoms. The van der Waals surface area contributed by atoms with Gasteiger partial charge < -0.3 is 10.3 Å². The van der Waals surface area contributed by atoms with Crippen LogP contribution in [0.2, 0.25) is 0 Å². The van der Waals surface area contributed by atoms with Crippen LogP contribution >= 0.6 is 0 Å². The minimum Gasteiger partial charge on any atom is -0.369 e. The predicted molar refractivity (Wildman–Crippen MR) is 80.1 cm³/mol. The van der Waals surface area contributed by atoms with Gasteiger partial charge in [-0.3, -0.25) is 0 Å². The van der Waals surface area contributed by atoms with Crippen LogP contribution in [0.4, 0.5) is 5.95 Å². The molecular weight excluding hydrogens is 248 g/mol. The van der Waals surface area contributed by atoms with Crippen molar-refractivity contribution in [2.75, 3.05) is 5.73 Å². The first kappa shape index (κ1) is 13.0. The van der Waals surface area contributed by atoms with E-state index < -0.39 is 0 Å². The highest BCUT2D eigenvalue weighted by atomic mass is 15.1. The first-order valence-corrected chi connectivity index (χ1v) is 7.44. The summed E-state index contributed by atoms with van der Waals surface area (Å²) in [6.07, 6.45) is 7.96. The van der Waals surface area contributed by atoms with Crippen molar-refractivity contribution >= 4 is 17.0 Å². The summed E-state index contributed by atoms with van der Waals surface area (Å²) in [6, 6.07) is 7.88. The summed E-state index contributed by atoms with van der Waals surface area (Å²) >= 11 is 0. The number of imidazole rings is 1. The molecule has 1 saturated carbocycles. The molecule has 1 aliphatic carbocycles. The van der Waals surface area contributed by atoms with Crippen LogP contribution < -0.4 is 5.73 Å². The number of aryl methyl sites for hydroxylation is 1. The number of anilines is 1. The van der Waals surface area contributed by atoms with Gasteiger partial charge in [0.1, 0.15) is 11.6 Å². The quantitative estimate of drug-likeness (QED) is 0.926. The highest BCUT2D eigenvalue weighted by molar-refractivity contribution is 5.83. The summed E-state index contributed by atoms with van der Waals surface area (Å²) < 4.78 is 2.06. The fourth-order valence-electron chi connectivity index (χ4n) is 3.28. The predicted octanol–water partition coefficient (Wildman–Crippen LogP) is 3.46. The van der Waals surface area contributed by atoms with E-state index in [1.165, 1.54) is 32.1 Å². The first-order chi connectivity index (χ1) is 9.79. The molecule has 4 nitrogen and oxygen atoms in total. The Morgan fingerprint density at radius 2 is 2.10 bits per heavy atom. The fraction of sp³-hybridized carbons (Fsp3) is 0.500. The molecule has 0 saturated heterocycles. The van der Waals surface area contributed by atoms with Crippen LogP contribution in [0.1, 0.15) is 44.1 Å². The van der Waals surface area contributed by atoms with Gasteiger partial charge in [0.25, 0.3) is 0 Å². The number of hydrogen-bond acceptors (Lipinski definition) is 3. The minimum absolute atomic E-state index is 0.526. The zero-order valence-corrected chi connectivity index (χ0v) is 11.7. The van der Waals surface area contributed by atoms with E-state index in [0.29, 0.717) is 11.5 Å². The number of para-hydroxylation sites is 1. The average molecular weight is 268 g/mol. The molecule has 0 bridgehead atoms. The Kier molecular flexibility index (Phi) is 3.60. The molecule has 0 unspecified atom stereocenters. The number of nitrogens with zero attached hydrogens (tertiary/aromatic N) is 3. The molecule has 3 rings (SSSR count). The van der Waals surface area contributed by atoms with Gasteiger partial charge in [-0.2, -0.15) is 5.26 Å². The molecule has 0 aliphatic heterocycles. The van der Waals surface area contributed by atoms with Crippen LogP contribution in [0.3, 0.4) is 0 Å². The summed E-state index contributed by atoms with van der Waals surface area (Å²) in [4.78, 5) is 4.37. The third-order valence-electron chi connectivity index (χ3n) is 4.41. The van der Waals surface area contributed by atoms with E-state index in [9.17, 15) is 0 Å². The molecular formula is C16H20N4. The molecule has 0 amide bonds. The van der Waals surface area contributed by atoms with Crippen molar-refractivity contribution < 1.29 is 0 Å². The standard InChI is InChI=1S/C16H20N4/c17-11-13-7-4-8-14-15(13)19-16(18)20(14)10-9-12-5-2-1-3-6-12/h4,7-8,12H,1-3,5-6,9-10H2,(H2,18,19). The smallest absolute Gasteiger partial charge is 0.201 e. The summed E-state index contributed by atoms with van der Waals surface area (Å²) in [5.74, 6) is 1.35. The Balaban J connectivity index is 1.84. The molecule has 0 atom stereocenters. The van der Waals surface area contributed by atoms with Crippen molar-refractivity contribution in [2.45, 2.75) is 45.1 Å². The van der Waals surface area contributed by atoms with E-state index in [2.05, 4.69) is 15.6 Å². The Bertz CT molecular complexity index is 644. The Morgan fingerprint density at radius 3 is 2.85 bits per heavy atom. The van der Waals surface area contributed by atoms with Crippen LogP contribution in [-0.2, 0) is 6.54 Å². The maximum Gasteiger partial charge on any atom is 0.201 e. The third-order valence-corrected chi connectivity index (χ3v) is 4.41. The number of aromatic nitrogens is 2. The summed E-state index contributed by atoms with van der Waals surface area (Å²) in [5, 5.41) is 9.13. The van der Waals surface area contributed by atoms with Gasteiger partial charge in [0.15, 0.2) is 0 Å². The fourth-order valence-corrected chi connectivity index (χ4v) is 3.28. The van der Waals surface area contributed by atoms with Gasteiger partial charge in [-0.15, -0.1) is 0 Å². The lowest BCUT2D eigenvalue weighted by molar-refractivity contribution is 0.326. The average Bonchev–Trinajstić information content (AvgIpc) is 2.81. The van der Waals surface area contributed by atoms with Gasteiger partial charge in [-0.05, 0) is 24.5 Å². The van der Waals surface area contributed by atoms with E-state index in [0.717, 1.165) is 29.9 Å². The molecule has 1 aromatic carbocycles. The summed E-state index contributed by atoms with van der Waals surface area (Å²) in [6.45, 7) is 0.905. The van der Waals surface area contributed by atoms with Gasteiger partial charge in [0.2, 0.25) is 5.95 Å². The molecule has 0 radical (unpaired) electrons. The summed E-state index contributed by atoms with van der Waals surface area (Å²) in [7, 11) is 0. The zero-order chi connectivity index (χ0) is 13.9. The highest BCUT2D eigenvalue weighted by Gasteiger charge is 2.16. The number of rotatable bonds is 3. The molecule has 4 heteroatoms. The van der Waals surface area contributed by atoms with Crippen LogP contribution in [0.5, 0.6) is 0 Å². The number of benzene rings is 1. The molecule has 1 heterocycles. The van der Waals surface area contributed by atoms with Gasteiger partial charge in [-0.1, -0.05) is 38.2 Å². The topological polar surface area (TPSA) is 67.6 Å². The maximum atomic E-state index is 9.13. The largest absolute Gasteiger partial charge is 0.369 e. The van der Waals surface area contributed by atoms with Crippen LogP contribution in [0.15, 0.2) is 18.2 Å². The molecule has 2 N–H and O–H groups in total. The SMILES string of the molecule is N#Cc1cccc2c1nc(N)n2CCC1CCCCC1. The van der Waals surface area contributed by atoms with E-state index in [1.54, 1.807) is 6.07 Å². The summed E-state index contributed by atoms with van der Waals surface area (Å²) in [5.41, 5.74) is 8.35. The van der Waals surface area contributed by atoms with Crippen LogP contribution in [0, 0.1) is 17.2 Å². The van der Waals surface area contributed by atoms with Gasteiger partial charge in [-0.25, -0.2) is 4.98 Å². The number of hydrogen-bond donors (Lipinski definition) is 1. The van der Waals surface area contributed by atoms with Crippen molar-refractivity contribution in [1.82, 2.24) is 9.55 Å². The van der Waals surface area contributed by atoms with E-state index >= 15 is 0 Å². The Morgan fingerprint density at radius 1 is 1.30 bits per heavy atom. The lowest BCUT2D eigenvalue weighted by Gasteiger charge is -2.21. The lowest BCUT2D eigenvalue weighted by atomic mass is 9.87. The second kappa shape index (κ2) is 5.54. The van der Waals surface area contributed by atoms with Gasteiger partial charge in [0, 0.05) is 6.54 Å². The van der Waals surface area contributed by atoms with Crippen molar-refractivity contribution in [3.63, 3.8) is 0 Å². The zero-order valence-electron chi connectivity index (χ0n) is 11.7. The lowest BCUT2D eigenvalue weighted by Crippen LogP contribution is -2.11. The number of nitrogen functional groups attached to an aromatic ring is 1. The van der Waals surface area contributed by atoms with Crippen molar-refractivity contribution in [3.8, 4) is 6.07 Å². The molecule has 1 aromatic heterocycles. The Labute approximate surface area is 119 Å². The van der Waals surface area contributed by atoms with E-state index in [-0.39, 0.29) is 0 Å². The van der Waals surface area contributed by atoms with Crippen molar-refractivity contribution in [1.29, 1.82) is 5.26 Å². The van der Waals surface area contributed by atoms with Crippen LogP contribution in [-0.4, -0.2) is 9.55 Å². The van der Waals surface area contributed by atoms with Crippen molar-refractivity contribution in [2.24, 2.45) is 5.92 Å². The molecule has 2 aromatic rings. The first-order valence-electron chi connectivity index (χ1n) is 7.44. The van der Waals surface area contributed by atoms with Crippen molar-refractivity contribution in [3.05, 3.63) is 23.8 Å². The third kappa shape index (κ3) is 2.36. The number of nitriles is 1. The minimum atomic E-state index is 0.526. The normalized spacial score (nSPS) is 16.4. The monoisotopic (exact) mass is 268 g/mol. The number of fused-ring (bicyclic) bond motifs is 1. The molecule has 0 spiro atoms. The highest BCUT2D eigenvalue weighted by Crippen LogP contribution is 2.28. The van der Waals surface area contributed by atoms with E-state index in [4.69, 9.17) is 11.0 Å². The maximum absolute atomic E-state index is 9.13. The van der Waals surface area contributed by atoms with E-state index in [1.807, 2.05) is 12.1 Å². The van der Waals surface area contributed by atoms with Crippen LogP contribution in [0.25, 0.3) is 11.0 Å². The number of nitrogens with two attached hydrogens (primary N) is 1. The molecule has 1 fully saturated rings. The second-order valence-corrected chi connectivity index (χ2v) is 5.70. The molecule has 1 aliphatic rings. The molecule has 104 valence electrons. The van der Waals surface area contributed by atoms with Gasteiger partial charge in [0.05, 0.1) is 11.1 Å². The van der Waals surface area contributed by atoms with Gasteiger partial charge >= 0.3 is 0 Å². The second-order valence-electron chi connectivity index (χ2n) is 5.70.